The maximum absolute atomic E-state index is 8.74. The zero-order valence-corrected chi connectivity index (χ0v) is 13.0. The van der Waals surface area contributed by atoms with Gasteiger partial charge in [0, 0.05) is 0 Å². The molecule has 116 valence electrons. The molecule has 18 heteroatoms. The van der Waals surface area contributed by atoms with E-state index in [1.807, 2.05) is 0 Å². The fraction of sp³-hybridized carbons (Fsp3) is 0. The van der Waals surface area contributed by atoms with Gasteiger partial charge in [-0.3, -0.25) is 13.4 Å². The van der Waals surface area contributed by atoms with Gasteiger partial charge >= 0.3 is 50.6 Å². The van der Waals surface area contributed by atoms with Crippen molar-refractivity contribution in [2.24, 2.45) is 0 Å². The maximum atomic E-state index is 8.74. The first-order valence-corrected chi connectivity index (χ1v) is 5.86. The topological polar surface area (TPSA) is 330 Å². The normalized spacial score (nSPS) is 4.00. The van der Waals surface area contributed by atoms with E-state index < -0.39 is 27.5 Å². The second-order valence-electron chi connectivity index (χ2n) is 0.848. The molecule has 0 saturated carbocycles. The van der Waals surface area contributed by atoms with Crippen molar-refractivity contribution in [3.05, 3.63) is 0 Å². The zero-order chi connectivity index (χ0) is 10.7. The molecule has 0 aromatic heterocycles. The quantitative estimate of drug-likeness (QED) is 0.225. The van der Waals surface area contributed by atoms with Crippen LogP contribution in [0.3, 0.4) is 0 Å². The second kappa shape index (κ2) is 55.1. The fourth-order valence-corrected chi connectivity index (χ4v) is 0. The van der Waals surface area contributed by atoms with Crippen molar-refractivity contribution < 1.29 is 72.4 Å². The monoisotopic (exact) mass is 350 g/mol. The minimum Gasteiger partial charge on any atom is -1.00 e. The van der Waals surface area contributed by atoms with Crippen molar-refractivity contribution in [2.45, 2.75) is 0 Å². The van der Waals surface area contributed by atoms with Crippen molar-refractivity contribution in [3.63, 3.8) is 0 Å². The molecule has 0 aromatic rings. The molecule has 0 rings (SSSR count). The summed E-state index contributed by atoms with van der Waals surface area (Å²) in [5, 5.41) is 0. The Morgan fingerprint density at radius 2 is 0.500 bits per heavy atom. The van der Waals surface area contributed by atoms with Gasteiger partial charge in [-0.05, 0) is 0 Å². The van der Waals surface area contributed by atoms with Crippen LogP contribution in [0.5, 0.6) is 0 Å². The van der Waals surface area contributed by atoms with Gasteiger partial charge in [-0.1, -0.05) is 0 Å². The Labute approximate surface area is 123 Å². The summed E-state index contributed by atoms with van der Waals surface area (Å²) in [5.74, 6) is 0. The predicted molar refractivity (Wildman–Crippen MR) is 58.7 cm³/mol. The molecular formula is H18MgO14Si3. The van der Waals surface area contributed by atoms with Crippen molar-refractivity contribution in [3.8, 4) is 0 Å². The van der Waals surface area contributed by atoms with Gasteiger partial charge < -0.3 is 59.0 Å². The minimum absolute atomic E-state index is 0. The van der Waals surface area contributed by atoms with E-state index in [9.17, 15) is 0 Å². The van der Waals surface area contributed by atoms with E-state index in [1.54, 1.807) is 0 Å². The van der Waals surface area contributed by atoms with Crippen LogP contribution in [0.25, 0.3) is 0 Å². The average molecular weight is 351 g/mol. The van der Waals surface area contributed by atoms with Crippen LogP contribution in [0, 0.1) is 0 Å². The molecule has 0 aliphatic heterocycles. The number of hydrogen-bond donors (Lipinski definition) is 6. The summed E-state index contributed by atoms with van der Waals surface area (Å²) in [7, 11) is -9.39. The summed E-state index contributed by atoms with van der Waals surface area (Å²) >= 11 is 0. The van der Waals surface area contributed by atoms with Crippen LogP contribution >= 0.6 is 0 Å². The molecule has 0 radical (unpaired) electrons. The average Bonchev–Trinajstić information content (AvgIpc) is 1.54. The number of hydrogen-bond acceptors (Lipinski definition) is 3. The van der Waals surface area contributed by atoms with Gasteiger partial charge in [-0.2, -0.15) is 0 Å². The van der Waals surface area contributed by atoms with Gasteiger partial charge in [0.15, 0.2) is 0 Å². The SMILES string of the molecule is O.O.O.O.O.O=[Si](O)O.O=[Si](O)O.O=[Si](O)O.[H-].[H-].[Mg+2]. The van der Waals surface area contributed by atoms with Crippen LogP contribution < -0.4 is 0 Å². The molecule has 0 bridgehead atoms. The summed E-state index contributed by atoms with van der Waals surface area (Å²) in [6.07, 6.45) is 0. The van der Waals surface area contributed by atoms with E-state index in [-0.39, 0.29) is 53.3 Å². The Morgan fingerprint density at radius 3 is 0.500 bits per heavy atom. The molecular weight excluding hydrogens is 333 g/mol. The summed E-state index contributed by atoms with van der Waals surface area (Å²) in [6, 6.07) is 0. The Bertz CT molecular complexity index is 124. The molecule has 16 N–H and O–H groups in total. The Kier molecular flexibility index (Phi) is 203. The molecule has 0 unspecified atom stereocenters. The van der Waals surface area contributed by atoms with Gasteiger partial charge in [-0.15, -0.1) is 0 Å². The van der Waals surface area contributed by atoms with Crippen molar-refractivity contribution in [1.29, 1.82) is 0 Å². The van der Waals surface area contributed by atoms with Crippen LogP contribution in [0.15, 0.2) is 0 Å². The standard InChI is InChI=1S/Mg.3H2O3Si.5H2O.2H/c;3*1-4(2)3;;;;;;;/h;3*1-2H;5*1H2;;/q+2;;;;;;;;;2*-1. The molecule has 14 nitrogen and oxygen atoms in total. The first kappa shape index (κ1) is 66.3. The molecule has 0 aromatic carbocycles. The van der Waals surface area contributed by atoms with E-state index in [1.165, 1.54) is 0 Å². The van der Waals surface area contributed by atoms with Gasteiger partial charge in [0.05, 0.1) is 0 Å². The summed E-state index contributed by atoms with van der Waals surface area (Å²) in [4.78, 5) is 42.9. The van der Waals surface area contributed by atoms with Crippen molar-refractivity contribution in [2.75, 3.05) is 0 Å². The second-order valence-corrected chi connectivity index (χ2v) is 2.54. The Morgan fingerprint density at radius 1 is 0.500 bits per heavy atom. The van der Waals surface area contributed by atoms with Gasteiger partial charge in [0.25, 0.3) is 0 Å². The van der Waals surface area contributed by atoms with E-state index in [2.05, 4.69) is 0 Å². The molecule has 0 atom stereocenters. The Balaban J connectivity index is -0.00000000562. The van der Waals surface area contributed by atoms with Gasteiger partial charge in [0.2, 0.25) is 0 Å². The molecule has 0 aliphatic carbocycles. The van der Waals surface area contributed by atoms with E-state index in [4.69, 9.17) is 42.2 Å². The number of rotatable bonds is 0. The van der Waals surface area contributed by atoms with E-state index in [0.717, 1.165) is 0 Å². The summed E-state index contributed by atoms with van der Waals surface area (Å²) in [6.45, 7) is 0. The molecule has 0 spiro atoms. The van der Waals surface area contributed by atoms with Crippen LogP contribution in [0.1, 0.15) is 2.85 Å². The van der Waals surface area contributed by atoms with Gasteiger partial charge in [-0.25, -0.2) is 0 Å². The summed E-state index contributed by atoms with van der Waals surface area (Å²) < 4.78 is 26.2. The molecule has 0 aliphatic rings. The first-order valence-electron chi connectivity index (χ1n) is 1.95. The summed E-state index contributed by atoms with van der Waals surface area (Å²) in [5.41, 5.74) is 0. The minimum atomic E-state index is -3.13. The molecule has 0 heterocycles. The van der Waals surface area contributed by atoms with Crippen LogP contribution in [-0.4, -0.2) is 107 Å². The van der Waals surface area contributed by atoms with E-state index in [0.29, 0.717) is 0 Å². The van der Waals surface area contributed by atoms with Crippen molar-refractivity contribution in [1.82, 2.24) is 0 Å². The first-order chi connectivity index (χ1) is 5.20. The van der Waals surface area contributed by atoms with Crippen LogP contribution in [0.2, 0.25) is 0 Å². The zero-order valence-electron chi connectivity index (χ0n) is 10.6. The van der Waals surface area contributed by atoms with E-state index >= 15 is 0 Å². The third-order valence-electron chi connectivity index (χ3n) is 0. The maximum Gasteiger partial charge on any atom is 2.00 e. The molecule has 0 amide bonds. The predicted octanol–water partition coefficient (Wildman–Crippen LogP) is -9.12. The molecule has 18 heavy (non-hydrogen) atoms. The molecule has 0 saturated heterocycles. The van der Waals surface area contributed by atoms with Crippen molar-refractivity contribution >= 4 is 50.6 Å². The van der Waals surface area contributed by atoms with Crippen LogP contribution in [-0.2, 0) is 13.4 Å². The van der Waals surface area contributed by atoms with Crippen LogP contribution in [0.4, 0.5) is 0 Å². The largest absolute Gasteiger partial charge is 2.00 e. The van der Waals surface area contributed by atoms with Gasteiger partial charge in [0.1, 0.15) is 0 Å². The third kappa shape index (κ3) is 9420. The Hall–Kier alpha value is -0.583. The molecule has 0 fully saturated rings. The third-order valence-corrected chi connectivity index (χ3v) is 0. The smallest absolute Gasteiger partial charge is 1.00 e. The fourth-order valence-electron chi connectivity index (χ4n) is 0.